The molecule has 0 aromatic heterocycles. The SMILES string of the molecule is CC(CP(=O)(OCc1ccccc1)OCc1ccccc1)[C@@H](OCc1ccccc1)[C@@H](OCc1ccccc1)[C@H](CN(C=O)OCc1ccccc1)OCc1ccccc1. The van der Waals surface area contributed by atoms with Gasteiger partial charge in [-0.3, -0.25) is 14.2 Å². The Morgan fingerprint density at radius 3 is 1.18 bits per heavy atom. The van der Waals surface area contributed by atoms with Crippen LogP contribution in [0, 0.1) is 5.92 Å². The minimum atomic E-state index is -3.81. The van der Waals surface area contributed by atoms with Gasteiger partial charge in [-0.1, -0.05) is 189 Å². The second-order valence-corrected chi connectivity index (χ2v) is 16.7. The lowest BCUT2D eigenvalue weighted by Gasteiger charge is -2.38. The molecular weight excluding hydrogens is 774 g/mol. The third-order valence-electron chi connectivity index (χ3n) is 9.90. The standard InChI is InChI=1S/C50H54NO8P/c1-41(39-60(53,58-37-46-28-16-6-17-29-46)59-38-47-30-18-7-19-31-47)49(55-34-43-22-10-3-11-23-43)50(56-35-44-24-12-4-13-25-44)48(54-33-42-20-8-2-9-21-42)32-51(40-52)57-36-45-26-14-5-15-27-45/h2-31,40-41,48-50H,32-39H2,1H3/t41?,48-,49+,50-/m0/s1. The Morgan fingerprint density at radius 2 is 0.800 bits per heavy atom. The lowest BCUT2D eigenvalue weighted by atomic mass is 9.96. The van der Waals surface area contributed by atoms with E-state index in [1.807, 2.05) is 189 Å². The van der Waals surface area contributed by atoms with E-state index in [1.54, 1.807) is 0 Å². The van der Waals surface area contributed by atoms with E-state index >= 15 is 4.57 Å². The molecule has 0 aliphatic carbocycles. The van der Waals surface area contributed by atoms with Gasteiger partial charge < -0.3 is 23.3 Å². The summed E-state index contributed by atoms with van der Waals surface area (Å²) < 4.78 is 48.2. The maximum Gasteiger partial charge on any atom is 0.331 e. The molecule has 0 heterocycles. The highest BCUT2D eigenvalue weighted by molar-refractivity contribution is 7.53. The molecule has 60 heavy (non-hydrogen) atoms. The van der Waals surface area contributed by atoms with E-state index in [4.69, 9.17) is 28.1 Å². The summed E-state index contributed by atoms with van der Waals surface area (Å²) in [5.41, 5.74) is 5.47. The quantitative estimate of drug-likeness (QED) is 0.0303. The first-order valence-corrected chi connectivity index (χ1v) is 22.0. The number of hydrogen-bond donors (Lipinski definition) is 0. The second-order valence-electron chi connectivity index (χ2n) is 14.6. The molecule has 0 saturated carbocycles. The predicted molar refractivity (Wildman–Crippen MR) is 233 cm³/mol. The Kier molecular flexibility index (Phi) is 17.8. The first kappa shape index (κ1) is 44.3. The average Bonchev–Trinajstić information content (AvgIpc) is 3.30. The molecule has 0 fully saturated rings. The third-order valence-corrected chi connectivity index (χ3v) is 12.0. The summed E-state index contributed by atoms with van der Waals surface area (Å²) in [6.07, 6.45) is -1.68. The summed E-state index contributed by atoms with van der Waals surface area (Å²) in [6, 6.07) is 58.4. The van der Waals surface area contributed by atoms with Crippen LogP contribution in [0.15, 0.2) is 182 Å². The van der Waals surface area contributed by atoms with E-state index in [-0.39, 0.29) is 52.3 Å². The van der Waals surface area contributed by atoms with Crippen LogP contribution in [0.1, 0.15) is 40.3 Å². The van der Waals surface area contributed by atoms with Gasteiger partial charge in [0.2, 0.25) is 6.41 Å². The molecule has 0 aliphatic rings. The van der Waals surface area contributed by atoms with Gasteiger partial charge in [0.15, 0.2) is 0 Å². The number of nitrogens with zero attached hydrogens (tertiary/aromatic N) is 1. The Balaban J connectivity index is 1.35. The third kappa shape index (κ3) is 14.8. The van der Waals surface area contributed by atoms with Crippen LogP contribution >= 0.6 is 7.60 Å². The zero-order valence-corrected chi connectivity index (χ0v) is 34.9. The van der Waals surface area contributed by atoms with Crippen LogP contribution in [0.25, 0.3) is 0 Å². The van der Waals surface area contributed by atoms with Crippen molar-refractivity contribution in [3.8, 4) is 0 Å². The predicted octanol–water partition coefficient (Wildman–Crippen LogP) is 10.6. The highest BCUT2D eigenvalue weighted by Gasteiger charge is 2.41. The molecule has 0 bridgehead atoms. The molecule has 10 heteroatoms. The fraction of sp³-hybridized carbons (Fsp3) is 0.260. The molecule has 6 rings (SSSR count). The molecule has 1 unspecified atom stereocenters. The summed E-state index contributed by atoms with van der Waals surface area (Å²) in [6.45, 7) is 3.01. The first-order chi connectivity index (χ1) is 29.5. The molecule has 0 radical (unpaired) electrons. The molecule has 0 spiro atoms. The molecule has 1 amide bonds. The Morgan fingerprint density at radius 1 is 0.467 bits per heavy atom. The van der Waals surface area contributed by atoms with Crippen molar-refractivity contribution in [3.05, 3.63) is 215 Å². The van der Waals surface area contributed by atoms with Crippen molar-refractivity contribution >= 4 is 14.0 Å². The van der Waals surface area contributed by atoms with E-state index in [9.17, 15) is 4.79 Å². The molecule has 6 aromatic rings. The summed E-state index contributed by atoms with van der Waals surface area (Å²) in [7, 11) is -3.81. The van der Waals surface area contributed by atoms with Crippen LogP contribution in [0.3, 0.4) is 0 Å². The van der Waals surface area contributed by atoms with Crippen LogP contribution in [-0.2, 0) is 77.1 Å². The Bertz CT molecular complexity index is 2070. The van der Waals surface area contributed by atoms with Gasteiger partial charge in [-0.05, 0) is 39.3 Å². The van der Waals surface area contributed by atoms with Crippen molar-refractivity contribution in [2.45, 2.75) is 64.9 Å². The summed E-state index contributed by atoms with van der Waals surface area (Å²) in [5.74, 6) is -0.482. The maximum absolute atomic E-state index is 15.0. The summed E-state index contributed by atoms with van der Waals surface area (Å²) in [4.78, 5) is 18.8. The number of ether oxygens (including phenoxy) is 3. The zero-order valence-electron chi connectivity index (χ0n) is 34.0. The van der Waals surface area contributed by atoms with Crippen LogP contribution in [0.5, 0.6) is 0 Å². The molecule has 4 atom stereocenters. The van der Waals surface area contributed by atoms with Gasteiger partial charge in [0, 0.05) is 0 Å². The zero-order chi connectivity index (χ0) is 41.7. The van der Waals surface area contributed by atoms with Gasteiger partial charge in [-0.25, -0.2) is 5.06 Å². The van der Waals surface area contributed by atoms with Crippen molar-refractivity contribution in [1.29, 1.82) is 0 Å². The van der Waals surface area contributed by atoms with Crippen LogP contribution in [-0.4, -0.2) is 42.5 Å². The molecular formula is C50H54NO8P. The molecule has 312 valence electrons. The van der Waals surface area contributed by atoms with Crippen molar-refractivity contribution in [2.24, 2.45) is 5.92 Å². The van der Waals surface area contributed by atoms with Crippen LogP contribution in [0.4, 0.5) is 0 Å². The fourth-order valence-corrected chi connectivity index (χ4v) is 8.58. The lowest BCUT2D eigenvalue weighted by Crippen LogP contribution is -2.50. The molecule has 0 N–H and O–H groups in total. The second kappa shape index (κ2) is 24.1. The molecule has 0 aliphatic heterocycles. The van der Waals surface area contributed by atoms with Gasteiger partial charge >= 0.3 is 7.60 Å². The first-order valence-electron chi connectivity index (χ1n) is 20.3. The van der Waals surface area contributed by atoms with Gasteiger partial charge in [0.1, 0.15) is 18.8 Å². The summed E-state index contributed by atoms with van der Waals surface area (Å²) in [5, 5.41) is 1.25. The number of hydrogen-bond acceptors (Lipinski definition) is 8. The van der Waals surface area contributed by atoms with Crippen molar-refractivity contribution in [3.63, 3.8) is 0 Å². The van der Waals surface area contributed by atoms with E-state index in [0.29, 0.717) is 6.41 Å². The van der Waals surface area contributed by atoms with Crippen LogP contribution in [0.2, 0.25) is 0 Å². The average molecular weight is 828 g/mol. The number of hydroxylamine groups is 2. The van der Waals surface area contributed by atoms with Gasteiger partial charge in [0.25, 0.3) is 0 Å². The van der Waals surface area contributed by atoms with Gasteiger partial charge in [-0.15, -0.1) is 0 Å². The van der Waals surface area contributed by atoms with E-state index in [1.165, 1.54) is 5.06 Å². The molecule has 9 nitrogen and oxygen atoms in total. The normalized spacial score (nSPS) is 13.6. The monoisotopic (exact) mass is 827 g/mol. The van der Waals surface area contributed by atoms with Crippen molar-refractivity contribution in [2.75, 3.05) is 12.7 Å². The molecule has 6 aromatic carbocycles. The number of carbonyl (C=O) groups is 1. The Hall–Kier alpha value is -5.22. The van der Waals surface area contributed by atoms with Gasteiger partial charge in [-0.2, -0.15) is 0 Å². The van der Waals surface area contributed by atoms with Crippen molar-refractivity contribution in [1.82, 2.24) is 5.06 Å². The smallest absolute Gasteiger partial charge is 0.331 e. The summed E-state index contributed by atoms with van der Waals surface area (Å²) >= 11 is 0. The van der Waals surface area contributed by atoms with E-state index in [0.717, 1.165) is 33.4 Å². The highest BCUT2D eigenvalue weighted by atomic mass is 31.2. The fourth-order valence-electron chi connectivity index (χ4n) is 6.69. The lowest BCUT2D eigenvalue weighted by molar-refractivity contribution is -0.211. The maximum atomic E-state index is 15.0. The van der Waals surface area contributed by atoms with Crippen molar-refractivity contribution < 1.29 is 37.5 Å². The van der Waals surface area contributed by atoms with E-state index in [2.05, 4.69) is 0 Å². The van der Waals surface area contributed by atoms with Gasteiger partial charge in [0.05, 0.1) is 51.8 Å². The minimum Gasteiger partial charge on any atom is -0.370 e. The number of benzene rings is 6. The number of carbonyl (C=O) groups excluding carboxylic acids is 1. The van der Waals surface area contributed by atoms with Crippen LogP contribution < -0.4 is 0 Å². The minimum absolute atomic E-state index is 0.00459. The number of amides is 1. The molecule has 0 saturated heterocycles. The topological polar surface area (TPSA) is 92.8 Å². The number of rotatable bonds is 26. The largest absolute Gasteiger partial charge is 0.370 e. The highest BCUT2D eigenvalue weighted by Crippen LogP contribution is 2.52. The Labute approximate surface area is 354 Å². The van der Waals surface area contributed by atoms with E-state index < -0.39 is 31.8 Å².